The fraction of sp³-hybridized carbons (Fsp3) is 0.300. The number of nitrogens with zero attached hydrogens (tertiary/aromatic N) is 2. The molecule has 0 aliphatic rings. The normalized spacial score (nSPS) is 10.8. The van der Waals surface area contributed by atoms with Gasteiger partial charge < -0.3 is 14.5 Å². The predicted octanol–water partition coefficient (Wildman–Crippen LogP) is 4.33. The standard InChI is InChI=1S/C20H22BrN3O3/c1-3-14-5-7-15(8-6-14)26-13-16-9-10-19(27-16)20(25)22-12-18-17(21)11-23-24(18)4-2/h5-11H,3-4,12-13H2,1-2H3,(H,22,25). The van der Waals surface area contributed by atoms with Crippen LogP contribution in [0.1, 0.15) is 41.4 Å². The molecule has 27 heavy (non-hydrogen) atoms. The minimum atomic E-state index is -0.274. The second-order valence-electron chi connectivity index (χ2n) is 5.99. The number of aryl methyl sites for hydroxylation is 2. The molecule has 0 spiro atoms. The number of aromatic nitrogens is 2. The fourth-order valence-electron chi connectivity index (χ4n) is 2.64. The number of hydrogen-bond acceptors (Lipinski definition) is 4. The zero-order valence-corrected chi connectivity index (χ0v) is 17.0. The van der Waals surface area contributed by atoms with Gasteiger partial charge in [0, 0.05) is 6.54 Å². The third kappa shape index (κ3) is 4.80. The summed E-state index contributed by atoms with van der Waals surface area (Å²) in [7, 11) is 0. The Balaban J connectivity index is 1.54. The monoisotopic (exact) mass is 431 g/mol. The van der Waals surface area contributed by atoms with E-state index in [0.29, 0.717) is 12.3 Å². The van der Waals surface area contributed by atoms with Crippen LogP contribution in [-0.4, -0.2) is 15.7 Å². The molecule has 1 amide bonds. The summed E-state index contributed by atoms with van der Waals surface area (Å²) in [6.07, 6.45) is 2.72. The summed E-state index contributed by atoms with van der Waals surface area (Å²) in [5.41, 5.74) is 2.17. The molecule has 6 nitrogen and oxygen atoms in total. The van der Waals surface area contributed by atoms with Gasteiger partial charge in [0.2, 0.25) is 0 Å². The number of benzene rings is 1. The van der Waals surface area contributed by atoms with Gasteiger partial charge in [-0.1, -0.05) is 19.1 Å². The van der Waals surface area contributed by atoms with Gasteiger partial charge in [0.1, 0.15) is 18.1 Å². The van der Waals surface area contributed by atoms with Crippen molar-refractivity contribution in [2.75, 3.05) is 0 Å². The van der Waals surface area contributed by atoms with Crippen molar-refractivity contribution >= 4 is 21.8 Å². The maximum atomic E-state index is 12.3. The molecular weight excluding hydrogens is 410 g/mol. The van der Waals surface area contributed by atoms with Crippen LogP contribution in [0.3, 0.4) is 0 Å². The van der Waals surface area contributed by atoms with Crippen LogP contribution in [-0.2, 0) is 26.1 Å². The minimum absolute atomic E-state index is 0.258. The van der Waals surface area contributed by atoms with Crippen molar-refractivity contribution in [1.82, 2.24) is 15.1 Å². The Bertz CT molecular complexity index is 900. The third-order valence-electron chi connectivity index (χ3n) is 4.21. The molecule has 1 aromatic carbocycles. The van der Waals surface area contributed by atoms with Crippen LogP contribution in [0, 0.1) is 0 Å². The van der Waals surface area contributed by atoms with E-state index in [2.05, 4.69) is 33.3 Å². The number of carbonyl (C=O) groups is 1. The highest BCUT2D eigenvalue weighted by Crippen LogP contribution is 2.17. The molecule has 0 radical (unpaired) electrons. The molecule has 0 saturated carbocycles. The average molecular weight is 432 g/mol. The van der Waals surface area contributed by atoms with Gasteiger partial charge in [-0.25, -0.2) is 0 Å². The molecule has 2 aromatic heterocycles. The number of halogens is 1. The first kappa shape index (κ1) is 19.2. The maximum absolute atomic E-state index is 12.3. The second-order valence-corrected chi connectivity index (χ2v) is 6.84. The van der Waals surface area contributed by atoms with Gasteiger partial charge in [-0.05, 0) is 59.1 Å². The first-order valence-electron chi connectivity index (χ1n) is 8.89. The molecule has 3 aromatic rings. The highest BCUT2D eigenvalue weighted by Gasteiger charge is 2.14. The summed E-state index contributed by atoms with van der Waals surface area (Å²) >= 11 is 3.45. The van der Waals surface area contributed by atoms with Crippen molar-refractivity contribution in [3.05, 3.63) is 69.8 Å². The van der Waals surface area contributed by atoms with Crippen LogP contribution >= 0.6 is 15.9 Å². The zero-order valence-electron chi connectivity index (χ0n) is 15.4. The quantitative estimate of drug-likeness (QED) is 0.576. The summed E-state index contributed by atoms with van der Waals surface area (Å²) in [6.45, 7) is 5.48. The van der Waals surface area contributed by atoms with Crippen LogP contribution < -0.4 is 10.1 Å². The molecule has 0 bridgehead atoms. The van der Waals surface area contributed by atoms with E-state index in [4.69, 9.17) is 9.15 Å². The Morgan fingerprint density at radius 3 is 2.70 bits per heavy atom. The number of carbonyl (C=O) groups excluding carboxylic acids is 1. The lowest BCUT2D eigenvalue weighted by molar-refractivity contribution is 0.0918. The molecule has 3 rings (SSSR count). The maximum Gasteiger partial charge on any atom is 0.287 e. The molecule has 0 aliphatic carbocycles. The number of ether oxygens (including phenoxy) is 1. The van der Waals surface area contributed by atoms with Gasteiger partial charge in [-0.2, -0.15) is 5.10 Å². The minimum Gasteiger partial charge on any atom is -0.486 e. The Hall–Kier alpha value is -2.54. The first-order chi connectivity index (χ1) is 13.1. The molecule has 0 fully saturated rings. The van der Waals surface area contributed by atoms with Crippen LogP contribution in [0.5, 0.6) is 5.75 Å². The molecule has 0 saturated heterocycles. The smallest absolute Gasteiger partial charge is 0.287 e. The molecular formula is C20H22BrN3O3. The van der Waals surface area contributed by atoms with Crippen LogP contribution in [0.25, 0.3) is 0 Å². The lowest BCUT2D eigenvalue weighted by Crippen LogP contribution is -2.24. The van der Waals surface area contributed by atoms with Gasteiger partial charge in [0.15, 0.2) is 5.76 Å². The van der Waals surface area contributed by atoms with Crippen molar-refractivity contribution in [1.29, 1.82) is 0 Å². The second kappa shape index (κ2) is 8.90. The van der Waals surface area contributed by atoms with Gasteiger partial charge >= 0.3 is 0 Å². The van der Waals surface area contributed by atoms with E-state index in [1.807, 2.05) is 35.9 Å². The van der Waals surface area contributed by atoms with E-state index in [9.17, 15) is 4.79 Å². The van der Waals surface area contributed by atoms with Crippen molar-refractivity contribution in [2.45, 2.75) is 40.0 Å². The summed E-state index contributed by atoms with van der Waals surface area (Å²) in [5, 5.41) is 7.08. The van der Waals surface area contributed by atoms with Gasteiger partial charge in [-0.15, -0.1) is 0 Å². The predicted molar refractivity (Wildman–Crippen MR) is 106 cm³/mol. The number of rotatable bonds is 8. The summed E-state index contributed by atoms with van der Waals surface area (Å²) in [5.74, 6) is 1.35. The Morgan fingerprint density at radius 2 is 2.00 bits per heavy atom. The topological polar surface area (TPSA) is 69.3 Å². The van der Waals surface area contributed by atoms with Crippen molar-refractivity contribution < 1.29 is 13.9 Å². The largest absolute Gasteiger partial charge is 0.486 e. The lowest BCUT2D eigenvalue weighted by Gasteiger charge is -2.07. The van der Waals surface area contributed by atoms with Gasteiger partial charge in [-0.3, -0.25) is 9.48 Å². The van der Waals surface area contributed by atoms with E-state index in [1.165, 1.54) is 5.56 Å². The molecule has 2 heterocycles. The third-order valence-corrected chi connectivity index (χ3v) is 4.87. The Kier molecular flexibility index (Phi) is 6.34. The molecule has 1 N–H and O–H groups in total. The summed E-state index contributed by atoms with van der Waals surface area (Å²) < 4.78 is 14.0. The highest BCUT2D eigenvalue weighted by atomic mass is 79.9. The van der Waals surface area contributed by atoms with Crippen LogP contribution in [0.2, 0.25) is 0 Å². The molecule has 142 valence electrons. The van der Waals surface area contributed by atoms with E-state index in [1.54, 1.807) is 18.3 Å². The zero-order chi connectivity index (χ0) is 19.2. The fourth-order valence-corrected chi connectivity index (χ4v) is 3.08. The van der Waals surface area contributed by atoms with Crippen molar-refractivity contribution in [3.8, 4) is 5.75 Å². The number of nitrogens with one attached hydrogen (secondary N) is 1. The number of amides is 1. The first-order valence-corrected chi connectivity index (χ1v) is 9.68. The number of hydrogen-bond donors (Lipinski definition) is 1. The Morgan fingerprint density at radius 1 is 1.22 bits per heavy atom. The summed E-state index contributed by atoms with van der Waals surface area (Å²) in [6, 6.07) is 11.3. The molecule has 7 heteroatoms. The van der Waals surface area contributed by atoms with E-state index in [-0.39, 0.29) is 18.3 Å². The molecule has 0 aliphatic heterocycles. The van der Waals surface area contributed by atoms with Gasteiger partial charge in [0.05, 0.1) is 22.9 Å². The average Bonchev–Trinajstić information content (AvgIpc) is 3.31. The van der Waals surface area contributed by atoms with E-state index >= 15 is 0 Å². The van der Waals surface area contributed by atoms with E-state index in [0.717, 1.165) is 28.9 Å². The van der Waals surface area contributed by atoms with Crippen molar-refractivity contribution in [3.63, 3.8) is 0 Å². The van der Waals surface area contributed by atoms with Crippen LogP contribution in [0.4, 0.5) is 0 Å². The lowest BCUT2D eigenvalue weighted by atomic mass is 10.2. The van der Waals surface area contributed by atoms with E-state index < -0.39 is 0 Å². The summed E-state index contributed by atoms with van der Waals surface area (Å²) in [4.78, 5) is 12.3. The van der Waals surface area contributed by atoms with Gasteiger partial charge in [0.25, 0.3) is 5.91 Å². The highest BCUT2D eigenvalue weighted by molar-refractivity contribution is 9.10. The van der Waals surface area contributed by atoms with Crippen LogP contribution in [0.15, 0.2) is 51.5 Å². The van der Waals surface area contributed by atoms with Crippen molar-refractivity contribution in [2.24, 2.45) is 0 Å². The molecule has 0 atom stereocenters. The molecule has 0 unspecified atom stereocenters. The Labute approximate surface area is 166 Å². The number of furan rings is 1. The SMILES string of the molecule is CCc1ccc(OCc2ccc(C(=O)NCc3c(Br)cnn3CC)o2)cc1.